The second-order valence-electron chi connectivity index (χ2n) is 6.03. The van der Waals surface area contributed by atoms with E-state index in [1.807, 2.05) is 30.3 Å². The number of esters is 1. The van der Waals surface area contributed by atoms with Crippen molar-refractivity contribution in [2.75, 3.05) is 7.11 Å². The molecule has 0 heterocycles. The number of carbonyl (C=O) groups is 1. The highest BCUT2D eigenvalue weighted by Crippen LogP contribution is 2.38. The molecule has 0 bridgehead atoms. The van der Waals surface area contributed by atoms with Crippen molar-refractivity contribution in [1.82, 2.24) is 0 Å². The molecule has 0 saturated heterocycles. The summed E-state index contributed by atoms with van der Waals surface area (Å²) in [6.07, 6.45) is -0.0193. The van der Waals surface area contributed by atoms with E-state index in [0.717, 1.165) is 5.56 Å². The topological polar surface area (TPSA) is 105 Å². The zero-order valence-electron chi connectivity index (χ0n) is 14.3. The first-order chi connectivity index (χ1) is 12.7. The lowest BCUT2D eigenvalue weighted by molar-refractivity contribution is 0.0592. The number of nitrogens with zero attached hydrogens (tertiary/aromatic N) is 3. The molecule has 7 nitrogen and oxygen atoms in total. The number of azide groups is 1. The summed E-state index contributed by atoms with van der Waals surface area (Å²) in [5.74, 6) is -0.103. The Bertz CT molecular complexity index is 847. The van der Waals surface area contributed by atoms with Gasteiger partial charge in [-0.3, -0.25) is 0 Å². The predicted molar refractivity (Wildman–Crippen MR) is 94.8 cm³/mol. The largest absolute Gasteiger partial charge is 0.488 e. The van der Waals surface area contributed by atoms with E-state index in [0.29, 0.717) is 41.9 Å². The summed E-state index contributed by atoms with van der Waals surface area (Å²) >= 11 is 0. The molecule has 2 unspecified atom stereocenters. The van der Waals surface area contributed by atoms with E-state index >= 15 is 0 Å². The van der Waals surface area contributed by atoms with Gasteiger partial charge in [-0.1, -0.05) is 41.5 Å². The lowest BCUT2D eigenvalue weighted by Gasteiger charge is -2.29. The van der Waals surface area contributed by atoms with E-state index in [-0.39, 0.29) is 0 Å². The molecule has 1 aliphatic rings. The Balaban J connectivity index is 1.96. The van der Waals surface area contributed by atoms with Crippen molar-refractivity contribution in [2.45, 2.75) is 31.6 Å². The number of aliphatic hydroxyl groups excluding tert-OH is 1. The maximum Gasteiger partial charge on any atom is 0.341 e. The Morgan fingerprint density at radius 3 is 2.77 bits per heavy atom. The number of carbonyl (C=O) groups excluding carboxylic acids is 1. The van der Waals surface area contributed by atoms with Gasteiger partial charge in [-0.05, 0) is 41.1 Å². The molecule has 7 heteroatoms. The highest BCUT2D eigenvalue weighted by atomic mass is 16.5. The zero-order chi connectivity index (χ0) is 18.5. The Morgan fingerprint density at radius 2 is 2.08 bits per heavy atom. The Morgan fingerprint density at radius 1 is 1.31 bits per heavy atom. The molecule has 134 valence electrons. The summed E-state index contributed by atoms with van der Waals surface area (Å²) in [5, 5.41) is 14.1. The number of aliphatic hydroxyl groups is 1. The first-order valence-electron chi connectivity index (χ1n) is 8.28. The second-order valence-corrected chi connectivity index (χ2v) is 6.03. The van der Waals surface area contributed by atoms with E-state index in [2.05, 4.69) is 10.0 Å². The van der Waals surface area contributed by atoms with Crippen LogP contribution in [0.2, 0.25) is 0 Å². The maximum absolute atomic E-state index is 12.4. The summed E-state index contributed by atoms with van der Waals surface area (Å²) in [6.45, 7) is 0.313. The molecule has 3 rings (SSSR count). The minimum Gasteiger partial charge on any atom is -0.488 e. The summed E-state index contributed by atoms with van der Waals surface area (Å²) in [6, 6.07) is 12.4. The fourth-order valence-corrected chi connectivity index (χ4v) is 3.21. The number of hydrogen-bond acceptors (Lipinski definition) is 5. The Labute approximate surface area is 150 Å². The summed E-state index contributed by atoms with van der Waals surface area (Å²) < 4.78 is 10.8. The Kier molecular flexibility index (Phi) is 5.41. The van der Waals surface area contributed by atoms with Crippen LogP contribution in [0.4, 0.5) is 0 Å². The molecule has 1 aliphatic carbocycles. The number of benzene rings is 2. The van der Waals surface area contributed by atoms with Crippen LogP contribution < -0.4 is 4.74 Å². The molecule has 0 saturated carbocycles. The van der Waals surface area contributed by atoms with E-state index in [9.17, 15) is 9.90 Å². The van der Waals surface area contributed by atoms with Crippen molar-refractivity contribution in [2.24, 2.45) is 5.11 Å². The first kappa shape index (κ1) is 17.8. The molecular weight excluding hydrogens is 334 g/mol. The normalized spacial score (nSPS) is 18.4. The van der Waals surface area contributed by atoms with Gasteiger partial charge in [-0.15, -0.1) is 0 Å². The van der Waals surface area contributed by atoms with Gasteiger partial charge in [-0.2, -0.15) is 0 Å². The minimum absolute atomic E-state index is 0.313. The molecule has 1 N–H and O–H groups in total. The molecule has 0 radical (unpaired) electrons. The minimum atomic E-state index is -0.957. The van der Waals surface area contributed by atoms with Crippen molar-refractivity contribution in [3.05, 3.63) is 75.2 Å². The third-order valence-electron chi connectivity index (χ3n) is 4.51. The fraction of sp³-hybridized carbons (Fsp3) is 0.316. The van der Waals surface area contributed by atoms with E-state index in [1.54, 1.807) is 12.1 Å². The molecule has 2 aromatic rings. The molecule has 0 amide bonds. The van der Waals surface area contributed by atoms with Crippen LogP contribution in [0.1, 0.15) is 39.6 Å². The third kappa shape index (κ3) is 3.49. The standard InChI is InChI=1S/C19H19N3O4/c1-25-19(24)17-13-7-9-15(21-22-20)18(23)14(13)8-10-16(17)26-11-12-5-3-2-4-6-12/h2-6,8,10,15,18,23H,7,9,11H2,1H3. The van der Waals surface area contributed by atoms with Gasteiger partial charge in [0.25, 0.3) is 0 Å². The van der Waals surface area contributed by atoms with Gasteiger partial charge >= 0.3 is 5.97 Å². The number of methoxy groups -OCH3 is 1. The van der Waals surface area contributed by atoms with Crippen LogP contribution in [-0.2, 0) is 17.8 Å². The average molecular weight is 353 g/mol. The molecule has 2 aromatic carbocycles. The number of hydrogen-bond donors (Lipinski definition) is 1. The van der Waals surface area contributed by atoms with Gasteiger partial charge in [0.2, 0.25) is 0 Å². The van der Waals surface area contributed by atoms with Gasteiger partial charge in [0.05, 0.1) is 19.3 Å². The number of fused-ring (bicyclic) bond motifs is 1. The quantitative estimate of drug-likeness (QED) is 0.383. The van der Waals surface area contributed by atoms with E-state index in [1.165, 1.54) is 7.11 Å². The van der Waals surface area contributed by atoms with Crippen LogP contribution in [0.3, 0.4) is 0 Å². The molecule has 26 heavy (non-hydrogen) atoms. The van der Waals surface area contributed by atoms with Crippen molar-refractivity contribution >= 4 is 5.97 Å². The van der Waals surface area contributed by atoms with E-state index < -0.39 is 18.1 Å². The van der Waals surface area contributed by atoms with Crippen LogP contribution >= 0.6 is 0 Å². The van der Waals surface area contributed by atoms with Crippen molar-refractivity contribution in [1.29, 1.82) is 0 Å². The van der Waals surface area contributed by atoms with Crippen LogP contribution in [0, 0.1) is 0 Å². The maximum atomic E-state index is 12.4. The van der Waals surface area contributed by atoms with Gasteiger partial charge in [0.1, 0.15) is 17.9 Å². The highest BCUT2D eigenvalue weighted by molar-refractivity contribution is 5.94. The lowest BCUT2D eigenvalue weighted by Crippen LogP contribution is -2.25. The lowest BCUT2D eigenvalue weighted by atomic mass is 9.83. The Hall–Kier alpha value is -3.02. The van der Waals surface area contributed by atoms with E-state index in [4.69, 9.17) is 15.0 Å². The smallest absolute Gasteiger partial charge is 0.341 e. The summed E-state index contributed by atoms with van der Waals surface area (Å²) in [5.41, 5.74) is 11.2. The van der Waals surface area contributed by atoms with Gasteiger partial charge in [0, 0.05) is 4.91 Å². The second kappa shape index (κ2) is 7.91. The van der Waals surface area contributed by atoms with Crippen molar-refractivity contribution in [3.63, 3.8) is 0 Å². The average Bonchev–Trinajstić information content (AvgIpc) is 2.68. The highest BCUT2D eigenvalue weighted by Gasteiger charge is 2.32. The van der Waals surface area contributed by atoms with Crippen LogP contribution in [0.5, 0.6) is 5.75 Å². The SMILES string of the molecule is COC(=O)c1c(OCc2ccccc2)ccc2c1CCC(N=[N+]=[N-])C2O. The van der Waals surface area contributed by atoms with Gasteiger partial charge < -0.3 is 14.6 Å². The molecule has 2 atom stereocenters. The molecule has 0 aliphatic heterocycles. The summed E-state index contributed by atoms with van der Waals surface area (Å²) in [7, 11) is 1.31. The molecule has 0 fully saturated rings. The molecular formula is C19H19N3O4. The number of rotatable bonds is 5. The van der Waals surface area contributed by atoms with Crippen molar-refractivity contribution in [3.8, 4) is 5.75 Å². The summed E-state index contributed by atoms with van der Waals surface area (Å²) in [4.78, 5) is 15.2. The van der Waals surface area contributed by atoms with Gasteiger partial charge in [0.15, 0.2) is 0 Å². The monoisotopic (exact) mass is 353 g/mol. The van der Waals surface area contributed by atoms with Gasteiger partial charge in [-0.25, -0.2) is 4.79 Å². The molecule has 0 spiro atoms. The fourth-order valence-electron chi connectivity index (χ4n) is 3.21. The van der Waals surface area contributed by atoms with Crippen LogP contribution in [0.25, 0.3) is 10.4 Å². The number of ether oxygens (including phenoxy) is 2. The van der Waals surface area contributed by atoms with Crippen LogP contribution in [-0.4, -0.2) is 24.2 Å². The first-order valence-corrected chi connectivity index (χ1v) is 8.28. The zero-order valence-corrected chi connectivity index (χ0v) is 14.3. The predicted octanol–water partition coefficient (Wildman–Crippen LogP) is 3.71. The molecule has 0 aromatic heterocycles. The third-order valence-corrected chi connectivity index (χ3v) is 4.51. The van der Waals surface area contributed by atoms with Crippen molar-refractivity contribution < 1.29 is 19.4 Å². The van der Waals surface area contributed by atoms with Crippen LogP contribution in [0.15, 0.2) is 47.6 Å².